The lowest BCUT2D eigenvalue weighted by atomic mass is 9.96. The minimum Gasteiger partial charge on any atom is -0.465 e. The number of ether oxygens (including phenoxy) is 2. The summed E-state index contributed by atoms with van der Waals surface area (Å²) in [5, 5.41) is 33.0. The van der Waals surface area contributed by atoms with Crippen molar-refractivity contribution in [1.29, 1.82) is 0 Å². The van der Waals surface area contributed by atoms with E-state index >= 15 is 0 Å². The molecule has 0 bridgehead atoms. The fraction of sp³-hybridized carbons (Fsp3) is 0.476. The van der Waals surface area contributed by atoms with Crippen LogP contribution in [-0.2, 0) is 23.4 Å². The standard InChI is InChI=1S/C21H29N4O10P/c1-4-32-18(27)13(2)24-36(31,35-14-8-6-5-7-9-14)33-12-15-17(26)21(3,29)19(34-15)25-11-10-16(23-30)22-20(25)28/h5-11,13,15,17,19,26,29-30H,4,12H2,1-3H3,(H,24,31)(H,22,23,28)/t13-,15+,17+,19+,21+,36?/m0/s1. The molecule has 5 N–H and O–H groups in total. The Morgan fingerprint density at radius 2 is 2.03 bits per heavy atom. The van der Waals surface area contributed by atoms with Gasteiger partial charge in [0.2, 0.25) is 0 Å². The highest BCUT2D eigenvalue weighted by molar-refractivity contribution is 7.52. The number of nitrogens with zero attached hydrogens (tertiary/aromatic N) is 2. The molecule has 1 fully saturated rings. The third kappa shape index (κ3) is 6.28. The molecule has 2 aromatic rings. The van der Waals surface area contributed by atoms with Crippen molar-refractivity contribution in [3.8, 4) is 5.75 Å². The number of nitrogens with one attached hydrogen (secondary N) is 2. The van der Waals surface area contributed by atoms with E-state index < -0.39 is 56.1 Å². The minimum atomic E-state index is -4.25. The van der Waals surface area contributed by atoms with Gasteiger partial charge in [-0.15, -0.1) is 0 Å². The molecular weight excluding hydrogens is 499 g/mol. The molecular formula is C21H29N4O10P. The number of esters is 1. The first-order valence-electron chi connectivity index (χ1n) is 11.0. The number of benzene rings is 1. The van der Waals surface area contributed by atoms with Crippen molar-refractivity contribution in [3.05, 3.63) is 53.1 Å². The molecule has 0 amide bonds. The molecule has 1 saturated heterocycles. The van der Waals surface area contributed by atoms with Gasteiger partial charge in [-0.3, -0.25) is 24.6 Å². The smallest absolute Gasteiger partial charge is 0.459 e. The van der Waals surface area contributed by atoms with Gasteiger partial charge in [0, 0.05) is 6.20 Å². The monoisotopic (exact) mass is 528 g/mol. The van der Waals surface area contributed by atoms with Gasteiger partial charge in [-0.05, 0) is 39.0 Å². The SMILES string of the molecule is CCOC(=O)[C@H](C)NP(=O)(OC[C@H]1O[C@@H](n2ccc(NO)nc2=O)[C@](C)(O)[C@@H]1O)Oc1ccccc1. The number of anilines is 1. The van der Waals surface area contributed by atoms with E-state index in [1.807, 2.05) is 0 Å². The van der Waals surface area contributed by atoms with Crippen LogP contribution in [0.5, 0.6) is 5.75 Å². The van der Waals surface area contributed by atoms with Crippen LogP contribution in [0.15, 0.2) is 47.4 Å². The number of hydrogen-bond acceptors (Lipinski definition) is 12. The highest BCUT2D eigenvalue weighted by Gasteiger charge is 2.54. The van der Waals surface area contributed by atoms with Crippen LogP contribution in [0, 0.1) is 0 Å². The number of aliphatic hydroxyl groups is 2. The third-order valence-corrected chi connectivity index (χ3v) is 6.96. The molecule has 14 nitrogen and oxygen atoms in total. The summed E-state index contributed by atoms with van der Waals surface area (Å²) in [6.07, 6.45) is -3.04. The van der Waals surface area contributed by atoms with Gasteiger partial charge in [-0.25, -0.2) is 9.36 Å². The number of hydrogen-bond donors (Lipinski definition) is 5. The lowest BCUT2D eigenvalue weighted by Crippen LogP contribution is -2.46. The number of carbonyl (C=O) groups excluding carboxylic acids is 1. The number of para-hydroxylation sites is 1. The highest BCUT2D eigenvalue weighted by Crippen LogP contribution is 2.46. The molecule has 1 aliphatic heterocycles. The largest absolute Gasteiger partial charge is 0.465 e. The zero-order chi connectivity index (χ0) is 26.5. The number of rotatable bonds is 11. The first kappa shape index (κ1) is 27.7. The number of aromatic nitrogens is 2. The Balaban J connectivity index is 1.79. The van der Waals surface area contributed by atoms with Crippen molar-refractivity contribution in [2.75, 3.05) is 18.7 Å². The van der Waals surface area contributed by atoms with Gasteiger partial charge < -0.3 is 24.2 Å². The summed E-state index contributed by atoms with van der Waals surface area (Å²) in [6, 6.07) is 8.23. The Labute approximate surface area is 206 Å². The maximum atomic E-state index is 13.5. The molecule has 0 radical (unpaired) electrons. The summed E-state index contributed by atoms with van der Waals surface area (Å²) in [6.45, 7) is 3.83. The molecule has 1 aliphatic rings. The predicted octanol–water partition coefficient (Wildman–Crippen LogP) is 0.799. The Bertz CT molecular complexity index is 1150. The summed E-state index contributed by atoms with van der Waals surface area (Å²) in [5.41, 5.74) is -1.13. The van der Waals surface area contributed by atoms with Gasteiger partial charge in [0.25, 0.3) is 0 Å². The molecule has 15 heteroatoms. The van der Waals surface area contributed by atoms with E-state index in [-0.39, 0.29) is 18.2 Å². The van der Waals surface area contributed by atoms with Crippen LogP contribution in [0.2, 0.25) is 0 Å². The molecule has 2 heterocycles. The highest BCUT2D eigenvalue weighted by atomic mass is 31.2. The summed E-state index contributed by atoms with van der Waals surface area (Å²) in [5.74, 6) is -0.640. The third-order valence-electron chi connectivity index (χ3n) is 5.32. The summed E-state index contributed by atoms with van der Waals surface area (Å²) >= 11 is 0. The predicted molar refractivity (Wildman–Crippen MR) is 124 cm³/mol. The Morgan fingerprint density at radius 1 is 1.33 bits per heavy atom. The molecule has 0 spiro atoms. The number of aliphatic hydroxyl groups excluding tert-OH is 1. The van der Waals surface area contributed by atoms with E-state index in [0.29, 0.717) is 0 Å². The van der Waals surface area contributed by atoms with Crippen molar-refractivity contribution in [2.45, 2.75) is 50.8 Å². The van der Waals surface area contributed by atoms with Gasteiger partial charge >= 0.3 is 19.4 Å². The van der Waals surface area contributed by atoms with Crippen LogP contribution < -0.4 is 20.8 Å². The van der Waals surface area contributed by atoms with Crippen LogP contribution in [0.3, 0.4) is 0 Å². The van der Waals surface area contributed by atoms with Gasteiger partial charge in [0.05, 0.1) is 13.2 Å². The average molecular weight is 528 g/mol. The van der Waals surface area contributed by atoms with Crippen LogP contribution in [0.1, 0.15) is 27.0 Å². The minimum absolute atomic E-state index is 0.109. The van der Waals surface area contributed by atoms with Crippen molar-refractivity contribution >= 4 is 19.5 Å². The molecule has 1 aromatic carbocycles. The zero-order valence-electron chi connectivity index (χ0n) is 19.8. The second-order valence-corrected chi connectivity index (χ2v) is 9.81. The Hall–Kier alpha value is -2.84. The molecule has 6 atom stereocenters. The first-order chi connectivity index (χ1) is 17.0. The molecule has 0 aliphatic carbocycles. The van der Waals surface area contributed by atoms with Crippen molar-refractivity contribution in [3.63, 3.8) is 0 Å². The van der Waals surface area contributed by atoms with E-state index in [0.717, 1.165) is 4.57 Å². The van der Waals surface area contributed by atoms with Gasteiger partial charge in [-0.2, -0.15) is 10.1 Å². The van der Waals surface area contributed by atoms with Crippen LogP contribution in [0.25, 0.3) is 0 Å². The van der Waals surface area contributed by atoms with Crippen LogP contribution >= 0.6 is 7.75 Å². The normalized spacial score (nSPS) is 26.1. The summed E-state index contributed by atoms with van der Waals surface area (Å²) in [4.78, 5) is 28.0. The molecule has 1 aromatic heterocycles. The van der Waals surface area contributed by atoms with E-state index in [2.05, 4.69) is 10.1 Å². The molecule has 198 valence electrons. The quantitative estimate of drug-likeness (QED) is 0.156. The van der Waals surface area contributed by atoms with E-state index in [1.165, 1.54) is 38.2 Å². The van der Waals surface area contributed by atoms with Gasteiger partial charge in [-0.1, -0.05) is 18.2 Å². The van der Waals surface area contributed by atoms with E-state index in [9.17, 15) is 24.4 Å². The van der Waals surface area contributed by atoms with E-state index in [1.54, 1.807) is 30.6 Å². The van der Waals surface area contributed by atoms with Gasteiger partial charge in [0.1, 0.15) is 29.6 Å². The maximum Gasteiger partial charge on any atom is 0.459 e. The van der Waals surface area contributed by atoms with E-state index in [4.69, 9.17) is 23.7 Å². The van der Waals surface area contributed by atoms with Gasteiger partial charge in [0.15, 0.2) is 12.0 Å². The van der Waals surface area contributed by atoms with Crippen molar-refractivity contribution < 1.29 is 43.3 Å². The molecule has 1 unspecified atom stereocenters. The topological polar surface area (TPSA) is 191 Å². The maximum absolute atomic E-state index is 13.5. The van der Waals surface area contributed by atoms with Crippen LogP contribution in [0.4, 0.5) is 5.82 Å². The fourth-order valence-electron chi connectivity index (χ4n) is 3.47. The Morgan fingerprint density at radius 3 is 2.64 bits per heavy atom. The van der Waals surface area contributed by atoms with Crippen molar-refractivity contribution in [2.24, 2.45) is 0 Å². The lowest BCUT2D eigenvalue weighted by molar-refractivity contribution is -0.144. The summed E-state index contributed by atoms with van der Waals surface area (Å²) in [7, 11) is -4.25. The van der Waals surface area contributed by atoms with Crippen molar-refractivity contribution in [1.82, 2.24) is 14.6 Å². The zero-order valence-corrected chi connectivity index (χ0v) is 20.7. The second kappa shape index (κ2) is 11.5. The Kier molecular flexibility index (Phi) is 8.84. The first-order valence-corrected chi connectivity index (χ1v) is 12.5. The summed E-state index contributed by atoms with van der Waals surface area (Å²) < 4.78 is 36.1. The molecule has 36 heavy (non-hydrogen) atoms. The fourth-order valence-corrected chi connectivity index (χ4v) is 4.97. The molecule has 3 rings (SSSR count). The molecule has 0 saturated carbocycles. The average Bonchev–Trinajstić information content (AvgIpc) is 3.06. The second-order valence-electron chi connectivity index (χ2n) is 8.11. The number of carbonyl (C=O) groups is 1. The van der Waals surface area contributed by atoms with Crippen LogP contribution in [-0.4, -0.2) is 68.0 Å². The lowest BCUT2D eigenvalue weighted by Gasteiger charge is -2.27.